The van der Waals surface area contributed by atoms with Crippen LogP contribution in [0.1, 0.15) is 12.0 Å². The van der Waals surface area contributed by atoms with E-state index in [1.54, 1.807) is 36.4 Å². The highest BCUT2D eigenvalue weighted by Crippen LogP contribution is 2.22. The van der Waals surface area contributed by atoms with Gasteiger partial charge in [-0.2, -0.15) is 0 Å². The SMILES string of the molecule is O=C(CCNc1ccccc1[N+](=O)[O-])NCc1ccccc1F. The number of para-hydroxylation sites is 2. The molecule has 2 aromatic rings. The van der Waals surface area contributed by atoms with Gasteiger partial charge in [-0.25, -0.2) is 4.39 Å². The molecule has 0 aliphatic carbocycles. The number of rotatable bonds is 7. The van der Waals surface area contributed by atoms with Crippen LogP contribution >= 0.6 is 0 Å². The van der Waals surface area contributed by atoms with E-state index in [-0.39, 0.29) is 36.9 Å². The number of amides is 1. The summed E-state index contributed by atoms with van der Waals surface area (Å²) < 4.78 is 13.4. The summed E-state index contributed by atoms with van der Waals surface area (Å²) in [6.07, 6.45) is 0.125. The topological polar surface area (TPSA) is 84.3 Å². The number of carbonyl (C=O) groups excluding carboxylic acids is 1. The normalized spacial score (nSPS) is 10.1. The van der Waals surface area contributed by atoms with Crippen LogP contribution in [-0.2, 0) is 11.3 Å². The number of hydrogen-bond acceptors (Lipinski definition) is 4. The molecule has 6 nitrogen and oxygen atoms in total. The lowest BCUT2D eigenvalue weighted by Gasteiger charge is -2.08. The maximum Gasteiger partial charge on any atom is 0.292 e. The van der Waals surface area contributed by atoms with Crippen molar-refractivity contribution in [2.24, 2.45) is 0 Å². The molecule has 0 unspecified atom stereocenters. The number of anilines is 1. The van der Waals surface area contributed by atoms with E-state index < -0.39 is 4.92 Å². The van der Waals surface area contributed by atoms with E-state index in [0.29, 0.717) is 11.3 Å². The third kappa shape index (κ3) is 4.77. The zero-order valence-electron chi connectivity index (χ0n) is 12.3. The molecule has 23 heavy (non-hydrogen) atoms. The second-order valence-corrected chi connectivity index (χ2v) is 4.82. The quantitative estimate of drug-likeness (QED) is 0.607. The lowest BCUT2D eigenvalue weighted by Crippen LogP contribution is -2.25. The first-order valence-corrected chi connectivity index (χ1v) is 7.05. The van der Waals surface area contributed by atoms with Gasteiger partial charge in [0.2, 0.25) is 5.91 Å². The van der Waals surface area contributed by atoms with Gasteiger partial charge in [-0.15, -0.1) is 0 Å². The lowest BCUT2D eigenvalue weighted by atomic mass is 10.2. The fourth-order valence-corrected chi connectivity index (χ4v) is 2.02. The number of halogens is 1. The van der Waals surface area contributed by atoms with Gasteiger partial charge >= 0.3 is 0 Å². The second-order valence-electron chi connectivity index (χ2n) is 4.82. The van der Waals surface area contributed by atoms with Gasteiger partial charge in [-0.3, -0.25) is 14.9 Å². The van der Waals surface area contributed by atoms with E-state index in [2.05, 4.69) is 10.6 Å². The van der Waals surface area contributed by atoms with Crippen LogP contribution in [0, 0.1) is 15.9 Å². The van der Waals surface area contributed by atoms with Crippen molar-refractivity contribution in [2.45, 2.75) is 13.0 Å². The molecule has 0 spiro atoms. The molecular formula is C16H16FN3O3. The summed E-state index contributed by atoms with van der Waals surface area (Å²) in [4.78, 5) is 22.1. The van der Waals surface area contributed by atoms with Crippen LogP contribution in [0.15, 0.2) is 48.5 Å². The van der Waals surface area contributed by atoms with Crippen LogP contribution in [0.3, 0.4) is 0 Å². The minimum atomic E-state index is -0.486. The highest BCUT2D eigenvalue weighted by molar-refractivity contribution is 5.76. The number of nitro benzene ring substituents is 1. The maximum absolute atomic E-state index is 13.4. The zero-order valence-corrected chi connectivity index (χ0v) is 12.3. The van der Waals surface area contributed by atoms with Crippen LogP contribution in [-0.4, -0.2) is 17.4 Å². The molecule has 120 valence electrons. The fourth-order valence-electron chi connectivity index (χ4n) is 2.02. The number of carbonyl (C=O) groups is 1. The van der Waals surface area contributed by atoms with Crippen LogP contribution in [0.25, 0.3) is 0 Å². The minimum Gasteiger partial charge on any atom is -0.379 e. The summed E-state index contributed by atoms with van der Waals surface area (Å²) >= 11 is 0. The molecule has 0 radical (unpaired) electrons. The van der Waals surface area contributed by atoms with Crippen LogP contribution in [0.2, 0.25) is 0 Å². The Hall–Kier alpha value is -2.96. The third-order valence-electron chi connectivity index (χ3n) is 3.20. The summed E-state index contributed by atoms with van der Waals surface area (Å²) in [6, 6.07) is 12.4. The number of nitro groups is 1. The zero-order chi connectivity index (χ0) is 16.7. The number of hydrogen-bond donors (Lipinski definition) is 2. The first-order valence-electron chi connectivity index (χ1n) is 7.05. The third-order valence-corrected chi connectivity index (χ3v) is 3.20. The predicted molar refractivity (Wildman–Crippen MR) is 84.4 cm³/mol. The molecule has 2 rings (SSSR count). The van der Waals surface area contributed by atoms with Gasteiger partial charge in [-0.05, 0) is 12.1 Å². The van der Waals surface area contributed by atoms with Crippen molar-refractivity contribution in [2.75, 3.05) is 11.9 Å². The molecule has 0 aliphatic heterocycles. The molecule has 0 heterocycles. The molecule has 2 N–H and O–H groups in total. The van der Waals surface area contributed by atoms with Crippen molar-refractivity contribution >= 4 is 17.3 Å². The Morgan fingerprint density at radius 2 is 1.83 bits per heavy atom. The highest BCUT2D eigenvalue weighted by Gasteiger charge is 2.12. The van der Waals surface area contributed by atoms with Gasteiger partial charge in [-0.1, -0.05) is 30.3 Å². The lowest BCUT2D eigenvalue weighted by molar-refractivity contribution is -0.384. The summed E-state index contributed by atoms with van der Waals surface area (Å²) in [6.45, 7) is 0.352. The Balaban J connectivity index is 1.79. The van der Waals surface area contributed by atoms with Crippen molar-refractivity contribution in [3.05, 3.63) is 70.0 Å². The highest BCUT2D eigenvalue weighted by atomic mass is 19.1. The summed E-state index contributed by atoms with van der Waals surface area (Å²) in [5.41, 5.74) is 0.728. The van der Waals surface area contributed by atoms with Crippen molar-refractivity contribution in [3.63, 3.8) is 0 Å². The molecular weight excluding hydrogens is 301 g/mol. The number of nitrogens with one attached hydrogen (secondary N) is 2. The molecule has 0 atom stereocenters. The molecule has 0 bridgehead atoms. The molecule has 1 amide bonds. The largest absolute Gasteiger partial charge is 0.379 e. The Bertz CT molecular complexity index is 706. The molecule has 0 saturated heterocycles. The Morgan fingerprint density at radius 1 is 1.13 bits per heavy atom. The van der Waals surface area contributed by atoms with Crippen molar-refractivity contribution in [1.29, 1.82) is 0 Å². The average molecular weight is 317 g/mol. The first-order chi connectivity index (χ1) is 11.1. The van der Waals surface area contributed by atoms with Crippen molar-refractivity contribution < 1.29 is 14.1 Å². The Kier molecular flexibility index (Phi) is 5.62. The van der Waals surface area contributed by atoms with Gasteiger partial charge in [0.05, 0.1) is 4.92 Å². The van der Waals surface area contributed by atoms with E-state index in [1.165, 1.54) is 12.1 Å². The Labute approximate surface area is 132 Å². The van der Waals surface area contributed by atoms with E-state index in [0.717, 1.165) is 0 Å². The molecule has 0 aliphatic rings. The van der Waals surface area contributed by atoms with Gasteiger partial charge in [0.25, 0.3) is 5.69 Å². The number of nitrogens with zero attached hydrogens (tertiary/aromatic N) is 1. The molecule has 0 fully saturated rings. The smallest absolute Gasteiger partial charge is 0.292 e. The molecule has 2 aromatic carbocycles. The summed E-state index contributed by atoms with van der Waals surface area (Å²) in [7, 11) is 0. The van der Waals surface area contributed by atoms with Crippen LogP contribution in [0.5, 0.6) is 0 Å². The molecule has 0 saturated carbocycles. The molecule has 0 aromatic heterocycles. The van der Waals surface area contributed by atoms with Gasteiger partial charge in [0, 0.05) is 31.1 Å². The van der Waals surface area contributed by atoms with Crippen molar-refractivity contribution in [1.82, 2.24) is 5.32 Å². The predicted octanol–water partition coefficient (Wildman–Crippen LogP) is 2.85. The van der Waals surface area contributed by atoms with Crippen molar-refractivity contribution in [3.8, 4) is 0 Å². The van der Waals surface area contributed by atoms with E-state index in [4.69, 9.17) is 0 Å². The summed E-state index contributed by atoms with van der Waals surface area (Å²) in [5.74, 6) is -0.634. The number of benzene rings is 2. The first kappa shape index (κ1) is 16.4. The van der Waals surface area contributed by atoms with E-state index in [9.17, 15) is 19.3 Å². The van der Waals surface area contributed by atoms with Crippen LogP contribution in [0.4, 0.5) is 15.8 Å². The van der Waals surface area contributed by atoms with Crippen LogP contribution < -0.4 is 10.6 Å². The maximum atomic E-state index is 13.4. The second kappa shape index (κ2) is 7.88. The minimum absolute atomic E-state index is 0.0423. The monoisotopic (exact) mass is 317 g/mol. The molecule has 7 heteroatoms. The van der Waals surface area contributed by atoms with Gasteiger partial charge < -0.3 is 10.6 Å². The standard InChI is InChI=1S/C16H16FN3O3/c17-13-6-2-1-5-12(13)11-19-16(21)9-10-18-14-7-3-4-8-15(14)20(22)23/h1-8,18H,9-11H2,(H,19,21). The van der Waals surface area contributed by atoms with Gasteiger partial charge in [0.15, 0.2) is 0 Å². The van der Waals surface area contributed by atoms with E-state index >= 15 is 0 Å². The van der Waals surface area contributed by atoms with Gasteiger partial charge in [0.1, 0.15) is 11.5 Å². The van der Waals surface area contributed by atoms with E-state index in [1.807, 2.05) is 0 Å². The Morgan fingerprint density at radius 3 is 2.57 bits per heavy atom. The average Bonchev–Trinajstić information content (AvgIpc) is 2.54. The summed E-state index contributed by atoms with van der Waals surface area (Å²) in [5, 5.41) is 16.3. The fraction of sp³-hybridized carbons (Fsp3) is 0.188.